The van der Waals surface area contributed by atoms with Crippen molar-refractivity contribution in [1.82, 2.24) is 9.78 Å². The van der Waals surface area contributed by atoms with Gasteiger partial charge in [-0.3, -0.25) is 14.7 Å². The summed E-state index contributed by atoms with van der Waals surface area (Å²) in [5.74, 6) is -0.892. The molecule has 4 rings (SSSR count). The first-order valence-electron chi connectivity index (χ1n) is 8.39. The number of hydrogen-bond acceptors (Lipinski definition) is 3. The lowest BCUT2D eigenvalue weighted by Gasteiger charge is -2.13. The number of hydrogen-bond donors (Lipinski definition) is 1. The van der Waals surface area contributed by atoms with E-state index in [1.54, 1.807) is 6.92 Å². The molecule has 1 amide bonds. The zero-order valence-corrected chi connectivity index (χ0v) is 14.5. The first kappa shape index (κ1) is 16.1. The van der Waals surface area contributed by atoms with Crippen molar-refractivity contribution in [1.29, 1.82) is 0 Å². The number of carbonyl (C=O) groups is 1. The summed E-state index contributed by atoms with van der Waals surface area (Å²) < 4.78 is 1.47. The molecule has 1 aliphatic rings. The van der Waals surface area contributed by atoms with Gasteiger partial charge in [-0.2, -0.15) is 10.1 Å². The molecule has 0 bridgehead atoms. The Morgan fingerprint density at radius 2 is 1.46 bits per heavy atom. The summed E-state index contributed by atoms with van der Waals surface area (Å²) >= 11 is 0. The van der Waals surface area contributed by atoms with Crippen molar-refractivity contribution in [3.05, 3.63) is 82.3 Å². The molecule has 2 aromatic carbocycles. The Morgan fingerprint density at radius 3 is 2.08 bits per heavy atom. The van der Waals surface area contributed by atoms with E-state index in [0.29, 0.717) is 22.7 Å². The molecule has 0 aliphatic carbocycles. The van der Waals surface area contributed by atoms with E-state index in [2.05, 4.69) is 10.2 Å². The van der Waals surface area contributed by atoms with Crippen LogP contribution in [0.4, 0.5) is 5.69 Å². The monoisotopic (exact) mass is 346 g/mol. The van der Waals surface area contributed by atoms with E-state index in [-0.39, 0.29) is 11.5 Å². The van der Waals surface area contributed by atoms with Crippen LogP contribution in [0, 0.1) is 6.92 Å². The third-order valence-electron chi connectivity index (χ3n) is 4.55. The summed E-state index contributed by atoms with van der Waals surface area (Å²) in [6, 6.07) is 18.5. The van der Waals surface area contributed by atoms with Crippen LogP contribution in [0.1, 0.15) is 24.1 Å². The number of nitrogens with zero attached hydrogens (tertiary/aromatic N) is 3. The van der Waals surface area contributed by atoms with Crippen LogP contribution < -0.4 is 10.6 Å². The van der Waals surface area contributed by atoms with E-state index in [1.807, 2.05) is 67.6 Å². The van der Waals surface area contributed by atoms with E-state index < -0.39 is 5.92 Å². The highest BCUT2D eigenvalue weighted by Crippen LogP contribution is 2.30. The van der Waals surface area contributed by atoms with Gasteiger partial charge in [0.15, 0.2) is 0 Å². The summed E-state index contributed by atoms with van der Waals surface area (Å²) in [7, 11) is 0. The first-order chi connectivity index (χ1) is 12.6. The average Bonchev–Trinajstić information content (AvgIpc) is 3.12. The number of benzene rings is 2. The fourth-order valence-electron chi connectivity index (χ4n) is 3.31. The smallest absolute Gasteiger partial charge is 0.275 e. The second-order valence-corrected chi connectivity index (χ2v) is 6.29. The zero-order chi connectivity index (χ0) is 18.3. The molecule has 6 nitrogen and oxygen atoms in total. The molecule has 1 unspecified atom stereocenters. The number of para-hydroxylation sites is 2. The summed E-state index contributed by atoms with van der Waals surface area (Å²) in [5, 5.41) is 8.85. The highest BCUT2D eigenvalue weighted by atomic mass is 16.2. The Labute approximate surface area is 150 Å². The van der Waals surface area contributed by atoms with E-state index in [4.69, 9.17) is 0 Å². The Balaban J connectivity index is 1.78. The Kier molecular flexibility index (Phi) is 3.80. The molecule has 0 radical (unpaired) electrons. The first-order valence-corrected chi connectivity index (χ1v) is 8.39. The van der Waals surface area contributed by atoms with Gasteiger partial charge >= 0.3 is 0 Å². The molecule has 1 atom stereocenters. The van der Waals surface area contributed by atoms with Crippen LogP contribution in [-0.4, -0.2) is 21.4 Å². The molecule has 0 saturated carbocycles. The van der Waals surface area contributed by atoms with Gasteiger partial charge in [0.05, 0.1) is 22.6 Å². The number of carbonyl (C=O) groups excluding carboxylic acids is 1. The zero-order valence-electron chi connectivity index (χ0n) is 14.5. The van der Waals surface area contributed by atoms with Gasteiger partial charge in [0.25, 0.3) is 11.5 Å². The normalized spacial score (nSPS) is 16.8. The van der Waals surface area contributed by atoms with Crippen LogP contribution in [0.3, 0.4) is 0 Å². The molecule has 2 heterocycles. The third kappa shape index (κ3) is 2.47. The predicted molar refractivity (Wildman–Crippen MR) is 101 cm³/mol. The van der Waals surface area contributed by atoms with Crippen molar-refractivity contribution in [2.24, 2.45) is 5.10 Å². The molecule has 0 saturated heterocycles. The largest absolute Gasteiger partial charge is 0.295 e. The van der Waals surface area contributed by atoms with Crippen LogP contribution in [0.2, 0.25) is 0 Å². The maximum Gasteiger partial charge on any atom is 0.275 e. The summed E-state index contributed by atoms with van der Waals surface area (Å²) in [4.78, 5) is 26.0. The lowest BCUT2D eigenvalue weighted by molar-refractivity contribution is -0.118. The van der Waals surface area contributed by atoms with Crippen LogP contribution >= 0.6 is 0 Å². The Morgan fingerprint density at radius 1 is 0.885 bits per heavy atom. The number of H-pyrrole nitrogens is 1. The second kappa shape index (κ2) is 6.15. The van der Waals surface area contributed by atoms with Gasteiger partial charge in [-0.1, -0.05) is 36.4 Å². The molecular formula is C20H18N4O2. The van der Waals surface area contributed by atoms with Gasteiger partial charge in [-0.15, -0.1) is 0 Å². The van der Waals surface area contributed by atoms with Crippen molar-refractivity contribution in [2.45, 2.75) is 19.8 Å². The van der Waals surface area contributed by atoms with Gasteiger partial charge in [-0.25, -0.2) is 4.68 Å². The van der Waals surface area contributed by atoms with Crippen molar-refractivity contribution >= 4 is 17.3 Å². The van der Waals surface area contributed by atoms with Crippen molar-refractivity contribution in [2.75, 3.05) is 5.01 Å². The van der Waals surface area contributed by atoms with E-state index >= 15 is 0 Å². The second-order valence-electron chi connectivity index (χ2n) is 6.29. The molecular weight excluding hydrogens is 328 g/mol. The number of nitrogens with one attached hydrogen (secondary N) is 1. The van der Waals surface area contributed by atoms with E-state index in [0.717, 1.165) is 5.69 Å². The quantitative estimate of drug-likeness (QED) is 0.792. The minimum Gasteiger partial charge on any atom is -0.295 e. The van der Waals surface area contributed by atoms with E-state index in [1.165, 1.54) is 9.69 Å². The van der Waals surface area contributed by atoms with Crippen molar-refractivity contribution in [3.8, 4) is 5.69 Å². The van der Waals surface area contributed by atoms with Crippen molar-refractivity contribution < 1.29 is 4.79 Å². The molecule has 130 valence electrons. The lowest BCUT2D eigenvalue weighted by Crippen LogP contribution is -2.30. The van der Waals surface area contributed by atoms with Gasteiger partial charge < -0.3 is 0 Å². The van der Waals surface area contributed by atoms with E-state index in [9.17, 15) is 9.59 Å². The van der Waals surface area contributed by atoms with Gasteiger partial charge in [-0.05, 0) is 38.1 Å². The van der Waals surface area contributed by atoms with Gasteiger partial charge in [0.2, 0.25) is 0 Å². The minimum atomic E-state index is -0.677. The fraction of sp³-hybridized carbons (Fsp3) is 0.150. The van der Waals surface area contributed by atoms with Gasteiger partial charge in [0.1, 0.15) is 5.92 Å². The molecule has 26 heavy (non-hydrogen) atoms. The van der Waals surface area contributed by atoms with Crippen molar-refractivity contribution in [3.63, 3.8) is 0 Å². The number of aryl methyl sites for hydroxylation is 1. The number of aromatic amines is 1. The number of amides is 1. The minimum absolute atomic E-state index is 0.215. The highest BCUT2D eigenvalue weighted by molar-refractivity contribution is 6.18. The van der Waals surface area contributed by atoms with Crippen LogP contribution in [0.5, 0.6) is 0 Å². The maximum atomic E-state index is 13.0. The summed E-state index contributed by atoms with van der Waals surface area (Å²) in [6.45, 7) is 3.59. The number of anilines is 1. The summed E-state index contributed by atoms with van der Waals surface area (Å²) in [5.41, 5.74) is 2.91. The Hall–Kier alpha value is -3.41. The lowest BCUT2D eigenvalue weighted by atomic mass is 9.95. The molecule has 3 aromatic rings. The number of aromatic nitrogens is 2. The maximum absolute atomic E-state index is 13.0. The SMILES string of the molecule is CC1=NN(c2ccccc2)C(=O)C1c1c(C)[nH]n(-c2ccccc2)c1=O. The van der Waals surface area contributed by atoms with Crippen LogP contribution in [0.15, 0.2) is 70.6 Å². The molecule has 6 heteroatoms. The number of rotatable bonds is 3. The van der Waals surface area contributed by atoms with Crippen LogP contribution in [0.25, 0.3) is 5.69 Å². The molecule has 0 fully saturated rings. The average molecular weight is 346 g/mol. The number of hydrazone groups is 1. The van der Waals surface area contributed by atoms with Crippen LogP contribution in [-0.2, 0) is 4.79 Å². The molecule has 1 N–H and O–H groups in total. The predicted octanol–water partition coefficient (Wildman–Crippen LogP) is 2.98. The fourth-order valence-corrected chi connectivity index (χ4v) is 3.31. The highest BCUT2D eigenvalue weighted by Gasteiger charge is 2.39. The molecule has 0 spiro atoms. The third-order valence-corrected chi connectivity index (χ3v) is 4.55. The summed E-state index contributed by atoms with van der Waals surface area (Å²) in [6.07, 6.45) is 0. The standard InChI is InChI=1S/C20H18N4O2/c1-13-17(19(25)23(21-13)15-9-5-3-6-10-15)18-14(2)22-24(20(18)26)16-11-7-4-8-12-16/h3-12,17,22H,1-2H3. The Bertz CT molecular complexity index is 1050. The molecule has 1 aromatic heterocycles. The topological polar surface area (TPSA) is 70.5 Å². The molecule has 1 aliphatic heterocycles. The van der Waals surface area contributed by atoms with Gasteiger partial charge in [0, 0.05) is 5.69 Å².